The highest BCUT2D eigenvalue weighted by Crippen LogP contribution is 2.25. The molecule has 2 aromatic carbocycles. The van der Waals surface area contributed by atoms with Gasteiger partial charge in [-0.25, -0.2) is 0 Å². The van der Waals surface area contributed by atoms with Gasteiger partial charge >= 0.3 is 0 Å². The van der Waals surface area contributed by atoms with Crippen LogP contribution in [0.2, 0.25) is 10.0 Å². The summed E-state index contributed by atoms with van der Waals surface area (Å²) in [6.45, 7) is 0. The highest BCUT2D eigenvalue weighted by molar-refractivity contribution is 7.80. The van der Waals surface area contributed by atoms with E-state index in [1.165, 1.54) is 30.3 Å². The van der Waals surface area contributed by atoms with Gasteiger partial charge in [-0.1, -0.05) is 41.4 Å². The van der Waals surface area contributed by atoms with Crippen LogP contribution in [0.4, 0.5) is 5.69 Å². The number of thiocarbonyl (C=S) groups is 1. The summed E-state index contributed by atoms with van der Waals surface area (Å²) in [7, 11) is 0. The number of carboxylic acid groups (broad SMARTS) is 1. The average Bonchev–Trinajstić information content (AvgIpc) is 2.50. The second kappa shape index (κ2) is 7.41. The Balaban J connectivity index is 2.03. The first-order valence-electron chi connectivity index (χ1n) is 6.26. The topological polar surface area (TPSA) is 81.3 Å². The Morgan fingerprint density at radius 3 is 2.30 bits per heavy atom. The number of aromatic carboxylic acids is 1. The van der Waals surface area contributed by atoms with Gasteiger partial charge in [0, 0.05) is 5.69 Å². The van der Waals surface area contributed by atoms with Gasteiger partial charge in [-0.15, -0.1) is 0 Å². The summed E-state index contributed by atoms with van der Waals surface area (Å²) >= 11 is 16.8. The Bertz CT molecular complexity index is 779. The number of anilines is 1. The standard InChI is InChI=1S/C15H10Cl2N2O3S/c16-11-3-1-2-10(12(11)17)13(20)19-15(23)18-9-6-4-8(5-7-9)14(21)22/h1-7H,(H,21,22)(H2,18,19,20,23)/p-1. The number of carbonyl (C=O) groups is 2. The maximum atomic E-state index is 12.1. The van der Waals surface area contributed by atoms with Crippen molar-refractivity contribution in [2.75, 3.05) is 5.32 Å². The molecule has 0 bridgehead atoms. The quantitative estimate of drug-likeness (QED) is 0.814. The Labute approximate surface area is 147 Å². The maximum Gasteiger partial charge on any atom is 0.258 e. The van der Waals surface area contributed by atoms with Gasteiger partial charge in [0.15, 0.2) is 5.11 Å². The van der Waals surface area contributed by atoms with Crippen molar-refractivity contribution in [2.24, 2.45) is 0 Å². The van der Waals surface area contributed by atoms with Gasteiger partial charge in [0.05, 0.1) is 21.6 Å². The van der Waals surface area contributed by atoms with Gasteiger partial charge in [-0.3, -0.25) is 10.1 Å². The Morgan fingerprint density at radius 1 is 1.04 bits per heavy atom. The molecule has 2 rings (SSSR count). The van der Waals surface area contributed by atoms with Crippen LogP contribution in [0, 0.1) is 0 Å². The Hall–Kier alpha value is -2.15. The highest BCUT2D eigenvalue weighted by Gasteiger charge is 2.13. The number of benzene rings is 2. The van der Waals surface area contributed by atoms with Crippen molar-refractivity contribution in [1.29, 1.82) is 0 Å². The van der Waals surface area contributed by atoms with Crippen LogP contribution in [0.15, 0.2) is 42.5 Å². The molecule has 0 saturated carbocycles. The van der Waals surface area contributed by atoms with Crippen LogP contribution < -0.4 is 15.7 Å². The van der Waals surface area contributed by atoms with Crippen LogP contribution in [-0.2, 0) is 0 Å². The van der Waals surface area contributed by atoms with E-state index >= 15 is 0 Å². The molecule has 2 aromatic rings. The van der Waals surface area contributed by atoms with Gasteiger partial charge in [-0.05, 0) is 42.0 Å². The first kappa shape index (κ1) is 17.2. The molecule has 0 radical (unpaired) electrons. The van der Waals surface area contributed by atoms with E-state index in [1.54, 1.807) is 12.1 Å². The SMILES string of the molecule is O=C([O-])c1ccc(NC(=S)NC(=O)c2cccc(Cl)c2Cl)cc1. The number of carbonyl (C=O) groups excluding carboxylic acids is 2. The smallest absolute Gasteiger partial charge is 0.258 e. The van der Waals surface area contributed by atoms with E-state index in [-0.39, 0.29) is 26.3 Å². The third kappa shape index (κ3) is 4.41. The molecule has 0 heterocycles. The fourth-order valence-corrected chi connectivity index (χ4v) is 2.30. The van der Waals surface area contributed by atoms with Crippen molar-refractivity contribution in [3.05, 3.63) is 63.6 Å². The van der Waals surface area contributed by atoms with Crippen molar-refractivity contribution in [2.45, 2.75) is 0 Å². The molecule has 0 aliphatic carbocycles. The van der Waals surface area contributed by atoms with Crippen molar-refractivity contribution in [3.63, 3.8) is 0 Å². The van der Waals surface area contributed by atoms with Gasteiger partial charge < -0.3 is 15.2 Å². The molecule has 0 aliphatic heterocycles. The minimum atomic E-state index is -1.27. The van der Waals surface area contributed by atoms with Crippen LogP contribution >= 0.6 is 35.4 Å². The lowest BCUT2D eigenvalue weighted by atomic mass is 10.2. The molecule has 5 nitrogen and oxygen atoms in total. The molecule has 118 valence electrons. The zero-order chi connectivity index (χ0) is 17.0. The lowest BCUT2D eigenvalue weighted by molar-refractivity contribution is -0.255. The van der Waals surface area contributed by atoms with Crippen molar-refractivity contribution in [3.8, 4) is 0 Å². The van der Waals surface area contributed by atoms with E-state index in [0.29, 0.717) is 5.69 Å². The third-order valence-electron chi connectivity index (χ3n) is 2.80. The first-order valence-corrected chi connectivity index (χ1v) is 7.42. The summed E-state index contributed by atoms with van der Waals surface area (Å²) in [5, 5.41) is 16.3. The van der Waals surface area contributed by atoms with E-state index < -0.39 is 11.9 Å². The molecule has 0 spiro atoms. The van der Waals surface area contributed by atoms with E-state index in [2.05, 4.69) is 10.6 Å². The molecule has 0 fully saturated rings. The summed E-state index contributed by atoms with van der Waals surface area (Å²) in [5.41, 5.74) is 0.740. The van der Waals surface area contributed by atoms with Crippen molar-refractivity contribution < 1.29 is 14.7 Å². The number of amides is 1. The minimum Gasteiger partial charge on any atom is -0.545 e. The largest absolute Gasteiger partial charge is 0.545 e. The summed E-state index contributed by atoms with van der Waals surface area (Å²) in [6.07, 6.45) is 0. The van der Waals surface area contributed by atoms with Gasteiger partial charge in [-0.2, -0.15) is 0 Å². The van der Waals surface area contributed by atoms with E-state index in [4.69, 9.17) is 35.4 Å². The summed E-state index contributed by atoms with van der Waals surface area (Å²) in [6, 6.07) is 10.4. The van der Waals surface area contributed by atoms with Gasteiger partial charge in [0.1, 0.15) is 0 Å². The maximum absolute atomic E-state index is 12.1. The molecule has 23 heavy (non-hydrogen) atoms. The summed E-state index contributed by atoms with van der Waals surface area (Å²) < 4.78 is 0. The average molecular weight is 368 g/mol. The van der Waals surface area contributed by atoms with Crippen molar-refractivity contribution >= 4 is 58.1 Å². The molecule has 0 saturated heterocycles. The molecular weight excluding hydrogens is 359 g/mol. The third-order valence-corrected chi connectivity index (χ3v) is 3.82. The number of hydrogen-bond acceptors (Lipinski definition) is 4. The van der Waals surface area contributed by atoms with E-state index in [1.807, 2.05) is 0 Å². The van der Waals surface area contributed by atoms with Crippen LogP contribution in [0.3, 0.4) is 0 Å². The van der Waals surface area contributed by atoms with E-state index in [9.17, 15) is 14.7 Å². The molecule has 8 heteroatoms. The van der Waals surface area contributed by atoms with Crippen LogP contribution in [-0.4, -0.2) is 17.0 Å². The Morgan fingerprint density at radius 2 is 1.70 bits per heavy atom. The number of nitrogens with one attached hydrogen (secondary N) is 2. The second-order valence-corrected chi connectivity index (χ2v) is 5.57. The fraction of sp³-hybridized carbons (Fsp3) is 0. The number of carboxylic acids is 1. The molecular formula is C15H9Cl2N2O3S-. The predicted molar refractivity (Wildman–Crippen MR) is 90.9 cm³/mol. The molecule has 1 amide bonds. The molecule has 0 aliphatic rings. The zero-order valence-electron chi connectivity index (χ0n) is 11.4. The van der Waals surface area contributed by atoms with Crippen molar-refractivity contribution in [1.82, 2.24) is 5.32 Å². The van der Waals surface area contributed by atoms with Gasteiger partial charge in [0.2, 0.25) is 0 Å². The molecule has 2 N–H and O–H groups in total. The first-order chi connectivity index (χ1) is 10.9. The second-order valence-electron chi connectivity index (χ2n) is 4.37. The predicted octanol–water partition coefficient (Wildman–Crippen LogP) is 2.48. The Kier molecular flexibility index (Phi) is 5.54. The molecule has 0 unspecified atom stereocenters. The van der Waals surface area contributed by atoms with Gasteiger partial charge in [0.25, 0.3) is 5.91 Å². The minimum absolute atomic E-state index is 0.0345. The highest BCUT2D eigenvalue weighted by atomic mass is 35.5. The summed E-state index contributed by atoms with van der Waals surface area (Å²) in [5.74, 6) is -1.79. The number of hydrogen-bond donors (Lipinski definition) is 2. The lowest BCUT2D eigenvalue weighted by Gasteiger charge is -2.11. The number of halogens is 2. The van der Waals surface area contributed by atoms with E-state index in [0.717, 1.165) is 0 Å². The number of rotatable bonds is 3. The normalized spacial score (nSPS) is 10.0. The lowest BCUT2D eigenvalue weighted by Crippen LogP contribution is -2.34. The van der Waals surface area contributed by atoms with Crippen LogP contribution in [0.5, 0.6) is 0 Å². The van der Waals surface area contributed by atoms with Crippen LogP contribution in [0.25, 0.3) is 0 Å². The summed E-state index contributed by atoms with van der Waals surface area (Å²) in [4.78, 5) is 22.8. The monoisotopic (exact) mass is 367 g/mol. The molecule has 0 atom stereocenters. The van der Waals surface area contributed by atoms with Crippen LogP contribution in [0.1, 0.15) is 20.7 Å². The molecule has 0 aromatic heterocycles. The fourth-order valence-electron chi connectivity index (χ4n) is 1.70. The zero-order valence-corrected chi connectivity index (χ0v) is 13.8.